The third-order valence-electron chi connectivity index (χ3n) is 5.27. The Morgan fingerprint density at radius 1 is 1.07 bits per heavy atom. The van der Waals surface area contributed by atoms with E-state index in [-0.39, 0.29) is 5.91 Å². The Bertz CT molecular complexity index is 847. The second-order valence-electron chi connectivity index (χ2n) is 7.60. The highest BCUT2D eigenvalue weighted by atomic mass is 16.5. The first-order valence-corrected chi connectivity index (χ1v) is 10.0. The number of methoxy groups -OCH3 is 2. The number of carbonyl (C=O) groups excluding carboxylic acids is 1. The van der Waals surface area contributed by atoms with Crippen LogP contribution in [0.15, 0.2) is 36.4 Å². The van der Waals surface area contributed by atoms with Crippen LogP contribution in [0.4, 0.5) is 11.4 Å². The van der Waals surface area contributed by atoms with Gasteiger partial charge in [0.2, 0.25) is 5.91 Å². The van der Waals surface area contributed by atoms with Crippen molar-refractivity contribution in [3.05, 3.63) is 47.5 Å². The van der Waals surface area contributed by atoms with Crippen LogP contribution in [0.3, 0.4) is 0 Å². The first kappa shape index (κ1) is 21.0. The Labute approximate surface area is 173 Å². The van der Waals surface area contributed by atoms with Gasteiger partial charge < -0.3 is 19.7 Å². The van der Waals surface area contributed by atoms with Crippen molar-refractivity contribution in [3.8, 4) is 11.5 Å². The topological polar surface area (TPSA) is 54.0 Å². The molecular formula is C23H31N3O3. The Kier molecular flexibility index (Phi) is 6.99. The summed E-state index contributed by atoms with van der Waals surface area (Å²) >= 11 is 0. The number of ether oxygens (including phenoxy) is 2. The lowest BCUT2D eigenvalue weighted by Gasteiger charge is -2.20. The van der Waals surface area contributed by atoms with E-state index in [4.69, 9.17) is 9.47 Å². The SMILES string of the molecule is COc1ccc(CN(C)CC(=O)Nc2ccc(N3CCCC3)cc2C)cc1OC. The maximum absolute atomic E-state index is 12.5. The highest BCUT2D eigenvalue weighted by Crippen LogP contribution is 2.28. The minimum absolute atomic E-state index is 0.0231. The molecule has 0 aliphatic carbocycles. The Hall–Kier alpha value is -2.73. The van der Waals surface area contributed by atoms with E-state index in [2.05, 4.69) is 22.3 Å². The summed E-state index contributed by atoms with van der Waals surface area (Å²) < 4.78 is 10.6. The molecule has 0 radical (unpaired) electrons. The van der Waals surface area contributed by atoms with Gasteiger partial charge in [0.15, 0.2) is 11.5 Å². The lowest BCUT2D eigenvalue weighted by atomic mass is 10.1. The molecule has 0 aromatic heterocycles. The van der Waals surface area contributed by atoms with Crippen LogP contribution < -0.4 is 19.7 Å². The highest BCUT2D eigenvalue weighted by Gasteiger charge is 2.14. The summed E-state index contributed by atoms with van der Waals surface area (Å²) in [6, 6.07) is 12.1. The number of hydrogen-bond acceptors (Lipinski definition) is 5. The Morgan fingerprint density at radius 3 is 2.45 bits per heavy atom. The van der Waals surface area contributed by atoms with E-state index in [9.17, 15) is 4.79 Å². The molecule has 3 rings (SSSR count). The third-order valence-corrected chi connectivity index (χ3v) is 5.27. The van der Waals surface area contributed by atoms with Gasteiger partial charge in [-0.15, -0.1) is 0 Å². The van der Waals surface area contributed by atoms with E-state index in [0.29, 0.717) is 24.6 Å². The zero-order valence-electron chi connectivity index (χ0n) is 17.8. The van der Waals surface area contributed by atoms with Gasteiger partial charge in [-0.2, -0.15) is 0 Å². The number of anilines is 2. The van der Waals surface area contributed by atoms with Crippen molar-refractivity contribution in [1.82, 2.24) is 4.90 Å². The fourth-order valence-corrected chi connectivity index (χ4v) is 3.74. The van der Waals surface area contributed by atoms with Crippen molar-refractivity contribution in [2.75, 3.05) is 51.1 Å². The summed E-state index contributed by atoms with van der Waals surface area (Å²) in [5, 5.41) is 3.04. The molecule has 1 heterocycles. The van der Waals surface area contributed by atoms with Crippen molar-refractivity contribution < 1.29 is 14.3 Å². The number of benzene rings is 2. The van der Waals surface area contributed by atoms with Crippen LogP contribution >= 0.6 is 0 Å². The van der Waals surface area contributed by atoms with Gasteiger partial charge in [0, 0.05) is 31.0 Å². The highest BCUT2D eigenvalue weighted by molar-refractivity contribution is 5.93. The molecule has 1 aliphatic heterocycles. The van der Waals surface area contributed by atoms with Crippen molar-refractivity contribution in [2.45, 2.75) is 26.3 Å². The lowest BCUT2D eigenvalue weighted by molar-refractivity contribution is -0.117. The van der Waals surface area contributed by atoms with Crippen LogP contribution in [0.25, 0.3) is 0 Å². The molecule has 2 aromatic carbocycles. The molecule has 0 saturated carbocycles. The fourth-order valence-electron chi connectivity index (χ4n) is 3.74. The van der Waals surface area contributed by atoms with Gasteiger partial charge in [0.05, 0.1) is 20.8 Å². The normalized spacial score (nSPS) is 13.6. The summed E-state index contributed by atoms with van der Waals surface area (Å²) in [5.74, 6) is 1.37. The molecule has 1 amide bonds. The molecule has 1 aliphatic rings. The van der Waals surface area contributed by atoms with Gasteiger partial charge in [0.1, 0.15) is 0 Å². The van der Waals surface area contributed by atoms with Gasteiger partial charge in [-0.1, -0.05) is 6.07 Å². The molecule has 6 nitrogen and oxygen atoms in total. The quantitative estimate of drug-likeness (QED) is 0.736. The second-order valence-corrected chi connectivity index (χ2v) is 7.60. The van der Waals surface area contributed by atoms with Crippen LogP contribution in [0.5, 0.6) is 11.5 Å². The molecule has 1 N–H and O–H groups in total. The summed E-state index contributed by atoms with van der Waals surface area (Å²) in [6.45, 7) is 5.23. The maximum Gasteiger partial charge on any atom is 0.238 e. The molecule has 0 unspecified atom stereocenters. The minimum atomic E-state index is -0.0231. The number of hydrogen-bond donors (Lipinski definition) is 1. The predicted molar refractivity (Wildman–Crippen MR) is 117 cm³/mol. The second kappa shape index (κ2) is 9.65. The molecule has 0 atom stereocenters. The summed E-state index contributed by atoms with van der Waals surface area (Å²) in [5.41, 5.74) is 4.26. The average molecular weight is 398 g/mol. The molecule has 2 aromatic rings. The molecule has 1 saturated heterocycles. The van der Waals surface area contributed by atoms with Crippen LogP contribution in [0.2, 0.25) is 0 Å². The van der Waals surface area contributed by atoms with Gasteiger partial charge in [-0.3, -0.25) is 9.69 Å². The molecule has 6 heteroatoms. The number of nitrogens with zero attached hydrogens (tertiary/aromatic N) is 2. The standard InChI is InChI=1S/C23H31N3O3/c1-17-13-19(26-11-5-6-12-26)8-9-20(17)24-23(27)16-25(2)15-18-7-10-21(28-3)22(14-18)29-4/h7-10,13-14H,5-6,11-12,15-16H2,1-4H3,(H,24,27). The monoisotopic (exact) mass is 397 g/mol. The lowest BCUT2D eigenvalue weighted by Crippen LogP contribution is -2.30. The summed E-state index contributed by atoms with van der Waals surface area (Å²) in [4.78, 5) is 16.9. The van der Waals surface area contributed by atoms with Crippen LogP contribution in [-0.2, 0) is 11.3 Å². The maximum atomic E-state index is 12.5. The fraction of sp³-hybridized carbons (Fsp3) is 0.435. The number of amides is 1. The van der Waals surface area contributed by atoms with Crippen LogP contribution in [0.1, 0.15) is 24.0 Å². The first-order chi connectivity index (χ1) is 14.0. The molecule has 156 valence electrons. The third kappa shape index (κ3) is 5.41. The number of rotatable bonds is 8. The van der Waals surface area contributed by atoms with Crippen molar-refractivity contribution in [1.29, 1.82) is 0 Å². The van der Waals surface area contributed by atoms with Gasteiger partial charge in [-0.25, -0.2) is 0 Å². The molecular weight excluding hydrogens is 366 g/mol. The van der Waals surface area contributed by atoms with E-state index < -0.39 is 0 Å². The first-order valence-electron chi connectivity index (χ1n) is 10.0. The van der Waals surface area contributed by atoms with Gasteiger partial charge in [-0.05, 0) is 68.3 Å². The Morgan fingerprint density at radius 2 is 1.79 bits per heavy atom. The van der Waals surface area contributed by atoms with Crippen LogP contribution in [-0.4, -0.2) is 51.7 Å². The van der Waals surface area contributed by atoms with Crippen molar-refractivity contribution in [2.24, 2.45) is 0 Å². The van der Waals surface area contributed by atoms with E-state index in [0.717, 1.165) is 29.9 Å². The minimum Gasteiger partial charge on any atom is -0.493 e. The zero-order chi connectivity index (χ0) is 20.8. The van der Waals surface area contributed by atoms with Crippen molar-refractivity contribution >= 4 is 17.3 Å². The van der Waals surface area contributed by atoms with Crippen LogP contribution in [0, 0.1) is 6.92 Å². The average Bonchev–Trinajstić information content (AvgIpc) is 3.24. The van der Waals surface area contributed by atoms with Gasteiger partial charge >= 0.3 is 0 Å². The molecule has 0 spiro atoms. The smallest absolute Gasteiger partial charge is 0.238 e. The summed E-state index contributed by atoms with van der Waals surface area (Å²) in [6.07, 6.45) is 2.51. The van der Waals surface area contributed by atoms with E-state index >= 15 is 0 Å². The summed E-state index contributed by atoms with van der Waals surface area (Å²) in [7, 11) is 5.17. The largest absolute Gasteiger partial charge is 0.493 e. The molecule has 0 bridgehead atoms. The number of carbonyl (C=O) groups is 1. The number of aryl methyl sites for hydroxylation is 1. The Balaban J connectivity index is 1.56. The van der Waals surface area contributed by atoms with Gasteiger partial charge in [0.25, 0.3) is 0 Å². The predicted octanol–water partition coefficient (Wildman–Crippen LogP) is 3.68. The molecule has 29 heavy (non-hydrogen) atoms. The molecule has 1 fully saturated rings. The number of nitrogens with one attached hydrogen (secondary N) is 1. The zero-order valence-corrected chi connectivity index (χ0v) is 17.8. The van der Waals surface area contributed by atoms with Crippen molar-refractivity contribution in [3.63, 3.8) is 0 Å². The van der Waals surface area contributed by atoms with E-state index in [1.807, 2.05) is 43.1 Å². The van der Waals surface area contributed by atoms with E-state index in [1.165, 1.54) is 18.5 Å². The van der Waals surface area contributed by atoms with E-state index in [1.54, 1.807) is 14.2 Å². The number of likely N-dealkylation sites (N-methyl/N-ethyl adjacent to an activating group) is 1.